The lowest BCUT2D eigenvalue weighted by molar-refractivity contribution is -0.148. The maximum atomic E-state index is 13.1. The summed E-state index contributed by atoms with van der Waals surface area (Å²) in [5, 5.41) is 0. The second-order valence-corrected chi connectivity index (χ2v) is 10.0. The van der Waals surface area contributed by atoms with E-state index in [1.807, 2.05) is 65.8 Å². The van der Waals surface area contributed by atoms with Crippen LogP contribution in [0.15, 0.2) is 36.4 Å². The van der Waals surface area contributed by atoms with Gasteiger partial charge in [-0.1, -0.05) is 32.1 Å². The molecule has 6 nitrogen and oxygen atoms in total. The normalized spacial score (nSPS) is 13.2. The number of benzene rings is 1. The largest absolute Gasteiger partial charge is 0.497 e. The van der Waals surface area contributed by atoms with E-state index in [2.05, 4.69) is 13.8 Å². The van der Waals surface area contributed by atoms with Crippen molar-refractivity contribution in [3.05, 3.63) is 42.0 Å². The first-order valence-corrected chi connectivity index (χ1v) is 10.7. The van der Waals surface area contributed by atoms with Crippen LogP contribution in [0.3, 0.4) is 0 Å². The molecule has 0 aliphatic rings. The summed E-state index contributed by atoms with van der Waals surface area (Å²) in [5.41, 5.74) is -0.277. The predicted molar refractivity (Wildman–Crippen MR) is 123 cm³/mol. The number of carbonyl (C=O) groups excluding carboxylic acids is 2. The second-order valence-electron chi connectivity index (χ2n) is 10.0. The molecule has 0 saturated heterocycles. The van der Waals surface area contributed by atoms with Crippen molar-refractivity contribution in [3.8, 4) is 5.75 Å². The van der Waals surface area contributed by atoms with Crippen LogP contribution in [0.4, 0.5) is 4.79 Å². The van der Waals surface area contributed by atoms with Crippen LogP contribution < -0.4 is 4.74 Å². The van der Waals surface area contributed by atoms with Crippen LogP contribution in [0.1, 0.15) is 67.4 Å². The molecule has 1 unspecified atom stereocenters. The molecule has 0 radical (unpaired) electrons. The number of esters is 1. The highest BCUT2D eigenvalue weighted by atomic mass is 16.6. The van der Waals surface area contributed by atoms with Crippen LogP contribution in [-0.2, 0) is 20.8 Å². The second kappa shape index (κ2) is 11.2. The van der Waals surface area contributed by atoms with E-state index in [1.165, 1.54) is 6.08 Å². The maximum absolute atomic E-state index is 13.1. The molecule has 0 N–H and O–H groups in total. The van der Waals surface area contributed by atoms with Crippen LogP contribution in [0.5, 0.6) is 5.75 Å². The smallest absolute Gasteiger partial charge is 0.411 e. The Bertz CT molecular complexity index is 739. The van der Waals surface area contributed by atoms with Crippen molar-refractivity contribution in [1.29, 1.82) is 0 Å². The van der Waals surface area contributed by atoms with Crippen molar-refractivity contribution < 1.29 is 23.8 Å². The Hall–Kier alpha value is -2.50. The van der Waals surface area contributed by atoms with Crippen LogP contribution in [-0.4, -0.2) is 41.3 Å². The lowest BCUT2D eigenvalue weighted by Gasteiger charge is -2.33. The van der Waals surface area contributed by atoms with E-state index in [0.717, 1.165) is 11.3 Å². The summed E-state index contributed by atoms with van der Waals surface area (Å²) in [6, 6.07) is 7.22. The Morgan fingerprint density at radius 2 is 1.52 bits per heavy atom. The van der Waals surface area contributed by atoms with Gasteiger partial charge in [-0.2, -0.15) is 0 Å². The molecule has 1 aromatic carbocycles. The fraction of sp³-hybridized carbons (Fsp3) is 0.600. The number of ether oxygens (including phenoxy) is 3. The van der Waals surface area contributed by atoms with Gasteiger partial charge in [0.2, 0.25) is 0 Å². The van der Waals surface area contributed by atoms with E-state index in [4.69, 9.17) is 14.2 Å². The van der Waals surface area contributed by atoms with E-state index in [9.17, 15) is 9.59 Å². The number of hydrogen-bond donors (Lipinski definition) is 0. The van der Waals surface area contributed by atoms with Gasteiger partial charge in [-0.3, -0.25) is 4.90 Å². The molecule has 0 aliphatic heterocycles. The maximum Gasteiger partial charge on any atom is 0.411 e. The number of amides is 1. The third kappa shape index (κ3) is 10.9. The molecular weight excluding hydrogens is 394 g/mol. The van der Waals surface area contributed by atoms with Crippen molar-refractivity contribution in [1.82, 2.24) is 4.90 Å². The Labute approximate surface area is 187 Å². The van der Waals surface area contributed by atoms with Gasteiger partial charge in [0.1, 0.15) is 17.0 Å². The average Bonchev–Trinajstić information content (AvgIpc) is 2.60. The van der Waals surface area contributed by atoms with Gasteiger partial charge in [-0.15, -0.1) is 0 Å². The lowest BCUT2D eigenvalue weighted by atomic mass is 10.0. The quantitative estimate of drug-likeness (QED) is 0.386. The van der Waals surface area contributed by atoms with Gasteiger partial charge in [0.15, 0.2) is 0 Å². The molecule has 174 valence electrons. The first kappa shape index (κ1) is 26.5. The first-order valence-electron chi connectivity index (χ1n) is 10.7. The van der Waals surface area contributed by atoms with Crippen LogP contribution in [0.25, 0.3) is 0 Å². The Kier molecular flexibility index (Phi) is 9.60. The standard InChI is InChI=1S/C25H39NO5/c1-18(2)16-20(12-15-22(27)30-24(3,4)5)26(23(28)31-25(6,7)8)17-19-10-13-21(29-9)14-11-19/h10-15,18,20H,16-17H2,1-9H3/b15-12-. The molecule has 0 aliphatic carbocycles. The number of hydrogen-bond acceptors (Lipinski definition) is 5. The summed E-state index contributed by atoms with van der Waals surface area (Å²) in [6.07, 6.45) is 3.39. The topological polar surface area (TPSA) is 65.1 Å². The summed E-state index contributed by atoms with van der Waals surface area (Å²) in [5.74, 6) is 0.611. The monoisotopic (exact) mass is 433 g/mol. The molecule has 0 bridgehead atoms. The highest BCUT2D eigenvalue weighted by Crippen LogP contribution is 2.22. The van der Waals surface area contributed by atoms with Gasteiger partial charge >= 0.3 is 12.1 Å². The molecule has 0 fully saturated rings. The third-order valence-corrected chi connectivity index (χ3v) is 4.11. The number of methoxy groups -OCH3 is 1. The summed E-state index contributed by atoms with van der Waals surface area (Å²) in [7, 11) is 1.61. The fourth-order valence-corrected chi connectivity index (χ4v) is 2.88. The first-order chi connectivity index (χ1) is 14.2. The summed E-state index contributed by atoms with van der Waals surface area (Å²) >= 11 is 0. The Balaban J connectivity index is 3.22. The van der Waals surface area contributed by atoms with Crippen molar-refractivity contribution in [2.24, 2.45) is 5.92 Å². The molecule has 31 heavy (non-hydrogen) atoms. The zero-order chi connectivity index (χ0) is 23.8. The number of rotatable bonds is 8. The molecular formula is C25H39NO5. The average molecular weight is 434 g/mol. The van der Waals surface area contributed by atoms with E-state index in [0.29, 0.717) is 18.9 Å². The molecule has 1 aromatic rings. The number of carbonyl (C=O) groups is 2. The highest BCUT2D eigenvalue weighted by Gasteiger charge is 2.28. The van der Waals surface area contributed by atoms with Crippen LogP contribution in [0.2, 0.25) is 0 Å². The van der Waals surface area contributed by atoms with Crippen molar-refractivity contribution >= 4 is 12.1 Å². The molecule has 0 saturated carbocycles. The highest BCUT2D eigenvalue weighted by molar-refractivity contribution is 5.82. The van der Waals surface area contributed by atoms with Gasteiger partial charge < -0.3 is 14.2 Å². The fourth-order valence-electron chi connectivity index (χ4n) is 2.88. The van der Waals surface area contributed by atoms with E-state index in [-0.39, 0.29) is 6.04 Å². The van der Waals surface area contributed by atoms with Gasteiger partial charge in [0, 0.05) is 12.6 Å². The summed E-state index contributed by atoms with van der Waals surface area (Å²) in [4.78, 5) is 27.0. The lowest BCUT2D eigenvalue weighted by Crippen LogP contribution is -2.43. The van der Waals surface area contributed by atoms with Crippen molar-refractivity contribution in [2.75, 3.05) is 7.11 Å². The van der Waals surface area contributed by atoms with Crippen LogP contribution in [0, 0.1) is 5.92 Å². The number of nitrogens with zero attached hydrogens (tertiary/aromatic N) is 1. The summed E-state index contributed by atoms with van der Waals surface area (Å²) < 4.78 is 16.3. The van der Waals surface area contributed by atoms with E-state index >= 15 is 0 Å². The van der Waals surface area contributed by atoms with Crippen molar-refractivity contribution in [3.63, 3.8) is 0 Å². The minimum absolute atomic E-state index is 0.300. The Morgan fingerprint density at radius 1 is 0.968 bits per heavy atom. The molecule has 6 heteroatoms. The van der Waals surface area contributed by atoms with E-state index < -0.39 is 23.3 Å². The van der Waals surface area contributed by atoms with Gasteiger partial charge in [0.05, 0.1) is 13.2 Å². The minimum Gasteiger partial charge on any atom is -0.497 e. The minimum atomic E-state index is -0.632. The zero-order valence-electron chi connectivity index (χ0n) is 20.5. The van der Waals surface area contributed by atoms with Gasteiger partial charge in [-0.05, 0) is 71.6 Å². The molecule has 0 spiro atoms. The Morgan fingerprint density at radius 3 is 1.97 bits per heavy atom. The molecule has 1 amide bonds. The molecule has 1 atom stereocenters. The molecule has 0 aromatic heterocycles. The predicted octanol–water partition coefficient (Wildman–Crippen LogP) is 5.74. The zero-order valence-corrected chi connectivity index (χ0v) is 20.5. The van der Waals surface area contributed by atoms with Gasteiger partial charge in [0.25, 0.3) is 0 Å². The van der Waals surface area contributed by atoms with Crippen molar-refractivity contribution in [2.45, 2.75) is 85.6 Å². The van der Waals surface area contributed by atoms with Gasteiger partial charge in [-0.25, -0.2) is 9.59 Å². The van der Waals surface area contributed by atoms with E-state index in [1.54, 1.807) is 18.1 Å². The van der Waals surface area contributed by atoms with Crippen LogP contribution >= 0.6 is 0 Å². The third-order valence-electron chi connectivity index (χ3n) is 4.11. The molecule has 1 rings (SSSR count). The SMILES string of the molecule is COc1ccc(CN(C(=O)OC(C)(C)C)C(/C=C\C(=O)OC(C)(C)C)CC(C)C)cc1. The summed E-state index contributed by atoms with van der Waals surface area (Å²) in [6.45, 7) is 15.5. The molecule has 0 heterocycles.